The van der Waals surface area contributed by atoms with Gasteiger partial charge in [0, 0.05) is 0 Å². The van der Waals surface area contributed by atoms with E-state index in [1.54, 1.807) is 13.8 Å². The topological polar surface area (TPSA) is 88.1 Å². The second-order valence-corrected chi connectivity index (χ2v) is 13.6. The molecule has 7 nitrogen and oxygen atoms in total. The minimum atomic E-state index is -2.21. The normalized spacial score (nSPS) is 19.4. The maximum absolute atomic E-state index is 12.7. The molecule has 37 heavy (non-hydrogen) atoms. The Labute approximate surface area is 225 Å². The largest absolute Gasteiger partial charge is 0.567 e. The number of ether oxygens (including phenoxy) is 2. The van der Waals surface area contributed by atoms with E-state index in [0.717, 1.165) is 54.0 Å². The van der Waals surface area contributed by atoms with Gasteiger partial charge in [-0.25, -0.2) is 0 Å². The molecule has 0 bridgehead atoms. The van der Waals surface area contributed by atoms with Crippen LogP contribution in [-0.4, -0.2) is 30.2 Å². The van der Waals surface area contributed by atoms with Crippen LogP contribution in [0.5, 0.6) is 11.5 Å². The average molecular weight is 557 g/mol. The van der Waals surface area contributed by atoms with Crippen LogP contribution >= 0.6 is 16.1 Å². The van der Waals surface area contributed by atoms with Gasteiger partial charge in [0.15, 0.2) is 0 Å². The van der Waals surface area contributed by atoms with E-state index < -0.39 is 27.4 Å². The molecule has 0 saturated heterocycles. The highest BCUT2D eigenvalue weighted by atomic mass is 31.2. The Morgan fingerprint density at radius 1 is 1.05 bits per heavy atom. The van der Waals surface area contributed by atoms with Gasteiger partial charge in [0.2, 0.25) is 0 Å². The zero-order chi connectivity index (χ0) is 27.6. The van der Waals surface area contributed by atoms with Crippen molar-refractivity contribution >= 4 is 22.0 Å². The molecule has 0 radical (unpaired) electrons. The highest BCUT2D eigenvalue weighted by Crippen LogP contribution is 2.49. The third kappa shape index (κ3) is 9.39. The van der Waals surface area contributed by atoms with Crippen LogP contribution in [0.2, 0.25) is 0 Å². The summed E-state index contributed by atoms with van der Waals surface area (Å²) in [6.45, 7) is 14.6. The van der Waals surface area contributed by atoms with Gasteiger partial charge in [0.05, 0.1) is 26.1 Å². The maximum Gasteiger partial charge on any atom is 0.567 e. The first kappa shape index (κ1) is 31.8. The van der Waals surface area contributed by atoms with Crippen molar-refractivity contribution in [1.29, 1.82) is 0 Å². The number of hydrogen-bond acceptors (Lipinski definition) is 7. The Morgan fingerprint density at radius 3 is 2.30 bits per heavy atom. The number of unbranched alkanes of at least 4 members (excludes halogenated alkanes) is 1. The Hall–Kier alpha value is -1.39. The highest BCUT2D eigenvalue weighted by Gasteiger charge is 2.51. The van der Waals surface area contributed by atoms with Gasteiger partial charge in [-0.15, -0.1) is 9.05 Å². The molecule has 1 aliphatic rings. The van der Waals surface area contributed by atoms with Crippen molar-refractivity contribution in [3.05, 3.63) is 22.8 Å². The van der Waals surface area contributed by atoms with E-state index in [2.05, 4.69) is 20.8 Å². The summed E-state index contributed by atoms with van der Waals surface area (Å²) >= 11 is 0. The van der Waals surface area contributed by atoms with Gasteiger partial charge in [-0.05, 0) is 98.1 Å². The molecule has 0 spiro atoms. The van der Waals surface area contributed by atoms with Crippen LogP contribution < -0.4 is 9.47 Å². The van der Waals surface area contributed by atoms with E-state index in [1.165, 1.54) is 19.3 Å². The van der Waals surface area contributed by atoms with E-state index in [1.807, 2.05) is 19.9 Å². The van der Waals surface area contributed by atoms with Crippen molar-refractivity contribution in [2.24, 2.45) is 5.92 Å². The number of rotatable bonds is 16. The predicted octanol–water partition coefficient (Wildman–Crippen LogP) is 8.56. The van der Waals surface area contributed by atoms with Crippen molar-refractivity contribution < 1.29 is 32.4 Å². The van der Waals surface area contributed by atoms with Crippen molar-refractivity contribution in [2.45, 2.75) is 117 Å². The predicted molar refractivity (Wildman–Crippen MR) is 148 cm³/mol. The fourth-order valence-corrected chi connectivity index (χ4v) is 7.11. The summed E-state index contributed by atoms with van der Waals surface area (Å²) in [6, 6.07) is 1.91. The quantitative estimate of drug-likeness (QED) is 0.0872. The van der Waals surface area contributed by atoms with Crippen molar-refractivity contribution in [3.8, 4) is 11.5 Å². The molecule has 0 N–H and O–H groups in total. The van der Waals surface area contributed by atoms with Gasteiger partial charge in [-0.1, -0.05) is 33.1 Å². The van der Waals surface area contributed by atoms with E-state index in [9.17, 15) is 13.9 Å². The second-order valence-electron chi connectivity index (χ2n) is 10.3. The molecule has 0 aliphatic carbocycles. The number of carbonyl (C=O) groups excluding carboxylic acids is 1. The summed E-state index contributed by atoms with van der Waals surface area (Å²) in [5, 5.41) is -0.847. The summed E-state index contributed by atoms with van der Waals surface area (Å²) in [7, 11) is -4.41. The van der Waals surface area contributed by atoms with Crippen LogP contribution in [0.15, 0.2) is 6.07 Å². The number of benzene rings is 1. The molecule has 1 aromatic carbocycles. The highest BCUT2D eigenvalue weighted by molar-refractivity contribution is 7.58. The summed E-state index contributed by atoms with van der Waals surface area (Å²) in [6.07, 6.45) is 7.78. The molecule has 9 heteroatoms. The Morgan fingerprint density at radius 2 is 1.70 bits per heavy atom. The minimum absolute atomic E-state index is 0.0340. The SMILES string of the molecule is CCO[P+](=O)C(CCC(=O)Oc1cc2c(c(C)c1C)OC(C)(CCCCC(C)CC)CC2)[P+](=O)OCC. The summed E-state index contributed by atoms with van der Waals surface area (Å²) < 4.78 is 47.3. The standard InChI is InChI=1S/C28H46O7P2/c1-8-20(4)13-11-12-17-28(7)18-16-23-19-24(21(5)22(6)27(23)35-28)34-25(29)14-15-26(36(30)32-9-2)37(31)33-10-3/h19-20,26H,8-18H2,1-7H3/q+2. The molecule has 4 atom stereocenters. The number of fused-ring (bicyclic) bond motifs is 1. The summed E-state index contributed by atoms with van der Waals surface area (Å²) in [4.78, 5) is 12.7. The third-order valence-corrected chi connectivity index (χ3v) is 11.0. The van der Waals surface area contributed by atoms with Gasteiger partial charge in [0.25, 0.3) is 0 Å². The first-order chi connectivity index (χ1) is 17.5. The second kappa shape index (κ2) is 15.3. The smallest absolute Gasteiger partial charge is 0.487 e. The van der Waals surface area contributed by atoms with Gasteiger partial charge >= 0.3 is 27.4 Å². The summed E-state index contributed by atoms with van der Waals surface area (Å²) in [5.74, 6) is 1.74. The maximum atomic E-state index is 12.7. The Bertz CT molecular complexity index is 931. The fourth-order valence-electron chi connectivity index (χ4n) is 4.57. The fraction of sp³-hybridized carbons (Fsp3) is 0.750. The number of aryl methyl sites for hydroxylation is 1. The first-order valence-electron chi connectivity index (χ1n) is 13.8. The van der Waals surface area contributed by atoms with Crippen LogP contribution in [0.25, 0.3) is 0 Å². The third-order valence-electron chi connectivity index (χ3n) is 7.32. The molecule has 0 saturated carbocycles. The molecule has 4 unspecified atom stereocenters. The zero-order valence-electron chi connectivity index (χ0n) is 23.8. The minimum Gasteiger partial charge on any atom is -0.487 e. The van der Waals surface area contributed by atoms with E-state index in [0.29, 0.717) is 5.75 Å². The molecule has 208 valence electrons. The van der Waals surface area contributed by atoms with E-state index in [-0.39, 0.29) is 31.7 Å². The number of hydrogen-bond donors (Lipinski definition) is 0. The van der Waals surface area contributed by atoms with Gasteiger partial charge < -0.3 is 9.47 Å². The monoisotopic (exact) mass is 556 g/mol. The van der Waals surface area contributed by atoms with Gasteiger partial charge in [-0.2, -0.15) is 0 Å². The van der Waals surface area contributed by atoms with E-state index >= 15 is 0 Å². The van der Waals surface area contributed by atoms with Crippen LogP contribution in [0.4, 0.5) is 0 Å². The molecule has 1 aliphatic heterocycles. The average Bonchev–Trinajstić information content (AvgIpc) is 2.86. The van der Waals surface area contributed by atoms with E-state index in [4.69, 9.17) is 18.5 Å². The lowest BCUT2D eigenvalue weighted by molar-refractivity contribution is -0.134. The first-order valence-corrected chi connectivity index (χ1v) is 16.3. The van der Waals surface area contributed by atoms with Gasteiger partial charge in [-0.3, -0.25) is 4.79 Å². The van der Waals surface area contributed by atoms with Crippen LogP contribution in [-0.2, 0) is 29.4 Å². The molecule has 0 fully saturated rings. The molecular weight excluding hydrogens is 510 g/mol. The number of carbonyl (C=O) groups is 1. The van der Waals surface area contributed by atoms with Crippen LogP contribution in [0.3, 0.4) is 0 Å². The lowest BCUT2D eigenvalue weighted by Crippen LogP contribution is -2.36. The molecule has 1 aromatic rings. The molecule has 0 amide bonds. The Kier molecular flexibility index (Phi) is 13.1. The molecular formula is C28H46O7P2+2. The van der Waals surface area contributed by atoms with Crippen LogP contribution in [0.1, 0.15) is 103 Å². The summed E-state index contributed by atoms with van der Waals surface area (Å²) in [5.41, 5.74) is 2.73. The number of esters is 1. The van der Waals surface area contributed by atoms with Crippen molar-refractivity contribution in [3.63, 3.8) is 0 Å². The van der Waals surface area contributed by atoms with Crippen molar-refractivity contribution in [1.82, 2.24) is 0 Å². The molecule has 1 heterocycles. The molecule has 2 rings (SSSR count). The Balaban J connectivity index is 2.03. The molecule has 0 aromatic heterocycles. The zero-order valence-corrected chi connectivity index (χ0v) is 25.6. The van der Waals surface area contributed by atoms with Crippen molar-refractivity contribution in [2.75, 3.05) is 13.2 Å². The van der Waals surface area contributed by atoms with Gasteiger partial charge in [0.1, 0.15) is 17.1 Å². The van der Waals surface area contributed by atoms with Crippen LogP contribution in [0, 0.1) is 19.8 Å². The lowest BCUT2D eigenvalue weighted by atomic mass is 9.86. The lowest BCUT2D eigenvalue weighted by Gasteiger charge is -2.37.